The van der Waals surface area contributed by atoms with Gasteiger partial charge in [0.05, 0.1) is 16.3 Å². The third-order valence-corrected chi connectivity index (χ3v) is 3.57. The van der Waals surface area contributed by atoms with Crippen LogP contribution in [0.5, 0.6) is 5.75 Å². The second-order valence-corrected chi connectivity index (χ2v) is 5.38. The zero-order valence-corrected chi connectivity index (χ0v) is 13.3. The first-order valence-electron chi connectivity index (χ1n) is 7.56. The molecule has 0 fully saturated rings. The Morgan fingerprint density at radius 1 is 1.16 bits per heavy atom. The lowest BCUT2D eigenvalue weighted by molar-refractivity contribution is -0.139. The first kappa shape index (κ1) is 16.3. The normalized spacial score (nSPS) is 11.4. The van der Waals surface area contributed by atoms with Crippen LogP contribution in [0.3, 0.4) is 0 Å². The quantitative estimate of drug-likeness (QED) is 0.724. The molecule has 1 aromatic heterocycles. The van der Waals surface area contributed by atoms with Gasteiger partial charge in [-0.15, -0.1) is 0 Å². The molecule has 3 rings (SSSR count). The van der Waals surface area contributed by atoms with E-state index in [0.29, 0.717) is 16.3 Å². The zero-order valence-electron chi connectivity index (χ0n) is 13.3. The zero-order chi connectivity index (χ0) is 17.8. The summed E-state index contributed by atoms with van der Waals surface area (Å²) in [4.78, 5) is 23.1. The van der Waals surface area contributed by atoms with Gasteiger partial charge in [0.15, 0.2) is 6.61 Å². The van der Waals surface area contributed by atoms with Gasteiger partial charge in [-0.3, -0.25) is 9.89 Å². The molecular formula is C19H16N2O4. The molecule has 6 heteroatoms. The maximum atomic E-state index is 12.6. The van der Waals surface area contributed by atoms with Gasteiger partial charge >= 0.3 is 5.97 Å². The van der Waals surface area contributed by atoms with Gasteiger partial charge in [0.1, 0.15) is 5.75 Å². The van der Waals surface area contributed by atoms with E-state index < -0.39 is 12.6 Å². The molecule has 0 radical (unpaired) electrons. The van der Waals surface area contributed by atoms with Crippen molar-refractivity contribution in [1.82, 2.24) is 9.78 Å². The molecule has 0 saturated carbocycles. The highest BCUT2D eigenvalue weighted by atomic mass is 16.5. The fourth-order valence-electron chi connectivity index (χ4n) is 2.38. The second kappa shape index (κ2) is 6.92. The molecule has 0 atom stereocenters. The third kappa shape index (κ3) is 3.69. The van der Waals surface area contributed by atoms with E-state index in [1.54, 1.807) is 30.3 Å². The number of aromatic nitrogens is 2. The molecule has 2 N–H and O–H groups in total. The second-order valence-electron chi connectivity index (χ2n) is 5.38. The molecule has 0 spiro atoms. The molecule has 1 heterocycles. The number of H-pyrrole nitrogens is 1. The van der Waals surface area contributed by atoms with Crippen LogP contribution in [0.4, 0.5) is 0 Å². The summed E-state index contributed by atoms with van der Waals surface area (Å²) in [5.41, 5.74) is 1.32. The van der Waals surface area contributed by atoms with Gasteiger partial charge in [-0.25, -0.2) is 9.48 Å². The van der Waals surface area contributed by atoms with Gasteiger partial charge in [0, 0.05) is 0 Å². The predicted molar refractivity (Wildman–Crippen MR) is 94.3 cm³/mol. The van der Waals surface area contributed by atoms with E-state index in [2.05, 4.69) is 11.7 Å². The Bertz CT molecular complexity index is 1050. The van der Waals surface area contributed by atoms with Crippen molar-refractivity contribution in [3.63, 3.8) is 0 Å². The molecule has 6 nitrogen and oxygen atoms in total. The van der Waals surface area contributed by atoms with E-state index in [0.717, 1.165) is 11.3 Å². The summed E-state index contributed by atoms with van der Waals surface area (Å²) in [6, 6.07) is 16.0. The number of para-hydroxylation sites is 1. The number of hydrogen-bond acceptors (Lipinski definition) is 3. The van der Waals surface area contributed by atoms with Gasteiger partial charge < -0.3 is 9.84 Å². The number of aliphatic carboxylic acids is 1. The molecule has 0 aliphatic carbocycles. The Balaban J connectivity index is 1.94. The Morgan fingerprint density at radius 2 is 1.84 bits per heavy atom. The number of nitrogens with zero attached hydrogens (tertiary/aromatic N) is 1. The molecule has 0 aliphatic rings. The van der Waals surface area contributed by atoms with Crippen LogP contribution < -0.4 is 20.9 Å². The highest BCUT2D eigenvalue weighted by Gasteiger charge is 2.04. The molecule has 0 bridgehead atoms. The highest BCUT2D eigenvalue weighted by molar-refractivity contribution is 5.68. The van der Waals surface area contributed by atoms with E-state index in [1.807, 2.05) is 30.3 Å². The molecule has 0 amide bonds. The van der Waals surface area contributed by atoms with E-state index >= 15 is 0 Å². The van der Waals surface area contributed by atoms with Crippen molar-refractivity contribution in [3.8, 4) is 11.4 Å². The number of ether oxygens (including phenoxy) is 1. The Morgan fingerprint density at radius 3 is 2.48 bits per heavy atom. The average molecular weight is 336 g/mol. The molecule has 0 unspecified atom stereocenters. The summed E-state index contributed by atoms with van der Waals surface area (Å²) in [6.07, 6.45) is 1.72. The van der Waals surface area contributed by atoms with Crippen LogP contribution >= 0.6 is 0 Å². The Hall–Kier alpha value is -3.54. The number of hydrogen-bond donors (Lipinski definition) is 2. The summed E-state index contributed by atoms with van der Waals surface area (Å²) in [6.45, 7) is 3.50. The highest BCUT2D eigenvalue weighted by Crippen LogP contribution is 2.12. The van der Waals surface area contributed by atoms with Crippen molar-refractivity contribution in [2.45, 2.75) is 0 Å². The molecule has 25 heavy (non-hydrogen) atoms. The molecule has 0 saturated heterocycles. The van der Waals surface area contributed by atoms with Crippen molar-refractivity contribution < 1.29 is 14.6 Å². The van der Waals surface area contributed by atoms with Crippen molar-refractivity contribution in [2.75, 3.05) is 6.61 Å². The van der Waals surface area contributed by atoms with Crippen LogP contribution in [0, 0.1) is 0 Å². The standard InChI is InChI=1S/C19H16N2O4/c1-13-17(19(24)21(20-13)15-5-3-2-4-6-15)11-14-7-9-16(10-8-14)25-12-18(22)23/h2-11,20H,1,12H2,(H,22,23)/b17-11-. The minimum Gasteiger partial charge on any atom is -0.482 e. The van der Waals surface area contributed by atoms with Gasteiger partial charge in [-0.1, -0.05) is 36.9 Å². The maximum Gasteiger partial charge on any atom is 0.341 e. The first-order chi connectivity index (χ1) is 12.0. The number of carbonyl (C=O) groups is 1. The number of benzene rings is 2. The van der Waals surface area contributed by atoms with Crippen LogP contribution in [-0.4, -0.2) is 27.5 Å². The fourth-order valence-corrected chi connectivity index (χ4v) is 2.38. The summed E-state index contributed by atoms with van der Waals surface area (Å²) < 4.78 is 6.53. The SMILES string of the molecule is C=c1[nH]n(-c2ccccc2)c(=O)/c1=C\c1ccc(OCC(=O)O)cc1. The average Bonchev–Trinajstić information content (AvgIpc) is 2.90. The number of nitrogens with one attached hydrogen (secondary N) is 1. The van der Waals surface area contributed by atoms with Crippen molar-refractivity contribution in [2.24, 2.45) is 0 Å². The van der Waals surface area contributed by atoms with Crippen molar-refractivity contribution >= 4 is 18.6 Å². The van der Waals surface area contributed by atoms with Crippen LogP contribution in [0.25, 0.3) is 18.3 Å². The van der Waals surface area contributed by atoms with Crippen molar-refractivity contribution in [3.05, 3.63) is 81.1 Å². The first-order valence-corrected chi connectivity index (χ1v) is 7.56. The minimum atomic E-state index is -1.04. The fraction of sp³-hybridized carbons (Fsp3) is 0.0526. The lowest BCUT2D eigenvalue weighted by Gasteiger charge is -2.02. The molecule has 3 aromatic rings. The van der Waals surface area contributed by atoms with Gasteiger partial charge in [0.25, 0.3) is 5.56 Å². The number of aromatic amines is 1. The van der Waals surface area contributed by atoms with Gasteiger partial charge in [-0.05, 0) is 35.9 Å². The van der Waals surface area contributed by atoms with Crippen LogP contribution in [0.2, 0.25) is 0 Å². The van der Waals surface area contributed by atoms with E-state index in [9.17, 15) is 9.59 Å². The molecule has 2 aromatic carbocycles. The predicted octanol–water partition coefficient (Wildman–Crippen LogP) is 0.868. The number of carboxylic acids is 1. The monoisotopic (exact) mass is 336 g/mol. The summed E-state index contributed by atoms with van der Waals surface area (Å²) in [5, 5.41) is 12.5. The Kier molecular flexibility index (Phi) is 4.52. The summed E-state index contributed by atoms with van der Waals surface area (Å²) >= 11 is 0. The number of carboxylic acid groups (broad SMARTS) is 1. The van der Waals surface area contributed by atoms with Crippen LogP contribution in [0.1, 0.15) is 5.56 Å². The third-order valence-electron chi connectivity index (χ3n) is 3.57. The van der Waals surface area contributed by atoms with Gasteiger partial charge in [-0.2, -0.15) is 0 Å². The van der Waals surface area contributed by atoms with Crippen LogP contribution in [-0.2, 0) is 4.79 Å². The van der Waals surface area contributed by atoms with E-state index in [4.69, 9.17) is 9.84 Å². The van der Waals surface area contributed by atoms with E-state index in [1.165, 1.54) is 4.68 Å². The molecule has 126 valence electrons. The largest absolute Gasteiger partial charge is 0.482 e. The minimum absolute atomic E-state index is 0.192. The summed E-state index contributed by atoms with van der Waals surface area (Å²) in [7, 11) is 0. The smallest absolute Gasteiger partial charge is 0.341 e. The lowest BCUT2D eigenvalue weighted by Crippen LogP contribution is -2.33. The van der Waals surface area contributed by atoms with Crippen LogP contribution in [0.15, 0.2) is 59.4 Å². The van der Waals surface area contributed by atoms with Gasteiger partial charge in [0.2, 0.25) is 0 Å². The molecule has 0 aliphatic heterocycles. The molecular weight excluding hydrogens is 320 g/mol. The lowest BCUT2D eigenvalue weighted by atomic mass is 10.2. The summed E-state index contributed by atoms with van der Waals surface area (Å²) in [5.74, 6) is -0.587. The number of rotatable bonds is 5. The maximum absolute atomic E-state index is 12.6. The Labute approximate surface area is 142 Å². The van der Waals surface area contributed by atoms with E-state index in [-0.39, 0.29) is 5.56 Å². The van der Waals surface area contributed by atoms with Crippen molar-refractivity contribution in [1.29, 1.82) is 0 Å². The topological polar surface area (TPSA) is 84.3 Å².